The van der Waals surface area contributed by atoms with Crippen molar-refractivity contribution in [1.82, 2.24) is 0 Å². The Morgan fingerprint density at radius 2 is 1.68 bits per heavy atom. The van der Waals surface area contributed by atoms with Gasteiger partial charge in [-0.05, 0) is 12.1 Å². The first-order valence-electron chi connectivity index (χ1n) is 6.12. The quantitative estimate of drug-likeness (QED) is 0.609. The number of carbonyl (C=O) groups is 2. The smallest absolute Gasteiger partial charge is 0.180 e. The molecule has 0 aliphatic carbocycles. The van der Waals surface area contributed by atoms with Crippen molar-refractivity contribution in [2.75, 3.05) is 6.61 Å². The lowest BCUT2D eigenvalue weighted by atomic mass is 9.88. The van der Waals surface area contributed by atoms with Gasteiger partial charge in [-0.2, -0.15) is 0 Å². The minimum Gasteiger partial charge on any atom is -0.492 e. The molecule has 1 aliphatic rings. The van der Waals surface area contributed by atoms with Crippen LogP contribution >= 0.6 is 0 Å². The van der Waals surface area contributed by atoms with E-state index in [9.17, 15) is 9.59 Å². The molecule has 0 saturated heterocycles. The highest BCUT2D eigenvalue weighted by Crippen LogP contribution is 2.28. The average Bonchev–Trinajstić information content (AvgIpc) is 2.48. The van der Waals surface area contributed by atoms with Gasteiger partial charge in [0.15, 0.2) is 11.6 Å². The maximum atomic E-state index is 12.3. The molecule has 3 nitrogen and oxygen atoms in total. The summed E-state index contributed by atoms with van der Waals surface area (Å²) in [5.74, 6) is -0.516. The van der Waals surface area contributed by atoms with Crippen LogP contribution in [0.5, 0.6) is 5.75 Å². The van der Waals surface area contributed by atoms with Gasteiger partial charge in [-0.25, -0.2) is 0 Å². The van der Waals surface area contributed by atoms with E-state index in [0.717, 1.165) is 0 Å². The van der Waals surface area contributed by atoms with E-state index in [-0.39, 0.29) is 18.2 Å². The van der Waals surface area contributed by atoms with E-state index in [1.54, 1.807) is 42.5 Å². The van der Waals surface area contributed by atoms with Crippen LogP contribution in [0, 0.1) is 5.92 Å². The lowest BCUT2D eigenvalue weighted by Crippen LogP contribution is -2.34. The Bertz CT molecular complexity index is 631. The van der Waals surface area contributed by atoms with Crippen molar-refractivity contribution in [2.24, 2.45) is 5.92 Å². The molecule has 1 atom stereocenters. The zero-order valence-corrected chi connectivity index (χ0v) is 10.2. The Balaban J connectivity index is 1.93. The highest BCUT2D eigenvalue weighted by Gasteiger charge is 2.34. The van der Waals surface area contributed by atoms with Crippen LogP contribution in [0.15, 0.2) is 54.6 Å². The predicted molar refractivity (Wildman–Crippen MR) is 70.5 cm³/mol. The molecule has 3 heteroatoms. The van der Waals surface area contributed by atoms with Gasteiger partial charge in [0.1, 0.15) is 18.3 Å². The van der Waals surface area contributed by atoms with Crippen molar-refractivity contribution in [3.63, 3.8) is 0 Å². The Labute approximate surface area is 110 Å². The summed E-state index contributed by atoms with van der Waals surface area (Å²) in [5, 5.41) is 0. The molecule has 0 fully saturated rings. The van der Waals surface area contributed by atoms with Crippen LogP contribution in [0.3, 0.4) is 0 Å². The molecular formula is C16H12O3. The van der Waals surface area contributed by atoms with Crippen molar-refractivity contribution in [3.05, 3.63) is 65.7 Å². The monoisotopic (exact) mass is 252 g/mol. The largest absolute Gasteiger partial charge is 0.492 e. The van der Waals surface area contributed by atoms with Gasteiger partial charge in [-0.1, -0.05) is 42.5 Å². The fourth-order valence-corrected chi connectivity index (χ4v) is 2.23. The number of fused-ring (bicyclic) bond motifs is 1. The highest BCUT2D eigenvalue weighted by molar-refractivity contribution is 6.17. The molecule has 0 spiro atoms. The van der Waals surface area contributed by atoms with E-state index in [1.807, 2.05) is 12.1 Å². The normalized spacial score (nSPS) is 17.5. The average molecular weight is 252 g/mol. The molecule has 0 amide bonds. The number of hydrogen-bond acceptors (Lipinski definition) is 3. The topological polar surface area (TPSA) is 43.4 Å². The van der Waals surface area contributed by atoms with E-state index in [1.165, 1.54) is 0 Å². The molecule has 2 aromatic rings. The summed E-state index contributed by atoms with van der Waals surface area (Å²) in [7, 11) is 0. The summed E-state index contributed by atoms with van der Waals surface area (Å²) in [6.45, 7) is 0.115. The number of Topliss-reactive ketones (excluding diaryl/α,β-unsaturated/α-hetero) is 2. The van der Waals surface area contributed by atoms with Crippen molar-refractivity contribution in [2.45, 2.75) is 0 Å². The molecule has 3 rings (SSSR count). The molecule has 0 saturated carbocycles. The standard InChI is InChI=1S/C16H12O3/c17-15(11-6-2-1-3-7-11)13-10-19-14-9-5-4-8-12(14)16(13)18/h1-9,13H,10H2. The fourth-order valence-electron chi connectivity index (χ4n) is 2.23. The Morgan fingerprint density at radius 1 is 1.00 bits per heavy atom. The summed E-state index contributed by atoms with van der Waals surface area (Å²) in [4.78, 5) is 24.6. The number of carbonyl (C=O) groups excluding carboxylic acids is 2. The molecule has 94 valence electrons. The highest BCUT2D eigenvalue weighted by atomic mass is 16.5. The number of para-hydroxylation sites is 1. The maximum absolute atomic E-state index is 12.3. The molecule has 2 aromatic carbocycles. The van der Waals surface area contributed by atoms with Crippen LogP contribution in [-0.2, 0) is 0 Å². The van der Waals surface area contributed by atoms with Crippen molar-refractivity contribution in [1.29, 1.82) is 0 Å². The lowest BCUT2D eigenvalue weighted by Gasteiger charge is -2.23. The lowest BCUT2D eigenvalue weighted by molar-refractivity contribution is 0.0723. The van der Waals surface area contributed by atoms with Crippen molar-refractivity contribution < 1.29 is 14.3 Å². The molecule has 1 heterocycles. The summed E-state index contributed by atoms with van der Waals surface area (Å²) < 4.78 is 5.51. The number of hydrogen-bond donors (Lipinski definition) is 0. The van der Waals surface area contributed by atoms with Gasteiger partial charge in [-0.15, -0.1) is 0 Å². The second-order valence-corrected chi connectivity index (χ2v) is 4.45. The van der Waals surface area contributed by atoms with Crippen LogP contribution in [0.1, 0.15) is 20.7 Å². The second kappa shape index (κ2) is 4.69. The van der Waals surface area contributed by atoms with Crippen LogP contribution in [0.4, 0.5) is 0 Å². The number of ether oxygens (including phenoxy) is 1. The van der Waals surface area contributed by atoms with Gasteiger partial charge in [0.25, 0.3) is 0 Å². The number of ketones is 2. The number of rotatable bonds is 2. The first-order valence-corrected chi connectivity index (χ1v) is 6.12. The zero-order valence-electron chi connectivity index (χ0n) is 10.2. The molecule has 0 radical (unpaired) electrons. The van der Waals surface area contributed by atoms with Gasteiger partial charge in [0.05, 0.1) is 5.56 Å². The third kappa shape index (κ3) is 2.03. The van der Waals surface area contributed by atoms with E-state index < -0.39 is 5.92 Å². The van der Waals surface area contributed by atoms with Gasteiger partial charge < -0.3 is 4.74 Å². The molecule has 0 N–H and O–H groups in total. The first-order chi connectivity index (χ1) is 9.27. The van der Waals surface area contributed by atoms with Crippen LogP contribution in [0.2, 0.25) is 0 Å². The van der Waals surface area contributed by atoms with E-state index in [2.05, 4.69) is 0 Å². The summed E-state index contributed by atoms with van der Waals surface area (Å²) >= 11 is 0. The molecule has 0 bridgehead atoms. The summed E-state index contributed by atoms with van der Waals surface area (Å²) in [6, 6.07) is 15.9. The van der Waals surface area contributed by atoms with Gasteiger partial charge >= 0.3 is 0 Å². The minimum atomic E-state index is -0.739. The minimum absolute atomic E-state index is 0.115. The van der Waals surface area contributed by atoms with E-state index >= 15 is 0 Å². The predicted octanol–water partition coefficient (Wildman–Crippen LogP) is 2.76. The van der Waals surface area contributed by atoms with Crippen molar-refractivity contribution >= 4 is 11.6 Å². The third-order valence-electron chi connectivity index (χ3n) is 3.25. The summed E-state index contributed by atoms with van der Waals surface area (Å²) in [6.07, 6.45) is 0. The van der Waals surface area contributed by atoms with Crippen LogP contribution in [0.25, 0.3) is 0 Å². The Hall–Kier alpha value is -2.42. The number of benzene rings is 2. The van der Waals surface area contributed by atoms with Crippen LogP contribution < -0.4 is 4.74 Å². The molecule has 1 unspecified atom stereocenters. The SMILES string of the molecule is O=C(c1ccccc1)C1COc2ccccc2C1=O. The summed E-state index contributed by atoms with van der Waals surface area (Å²) in [5.41, 5.74) is 1.03. The van der Waals surface area contributed by atoms with E-state index in [0.29, 0.717) is 16.9 Å². The van der Waals surface area contributed by atoms with Gasteiger partial charge in [0.2, 0.25) is 0 Å². The molecule has 1 aliphatic heterocycles. The molecule has 19 heavy (non-hydrogen) atoms. The van der Waals surface area contributed by atoms with Gasteiger partial charge in [0, 0.05) is 5.56 Å². The van der Waals surface area contributed by atoms with Crippen LogP contribution in [-0.4, -0.2) is 18.2 Å². The van der Waals surface area contributed by atoms with Crippen molar-refractivity contribution in [3.8, 4) is 5.75 Å². The Morgan fingerprint density at radius 3 is 2.47 bits per heavy atom. The van der Waals surface area contributed by atoms with E-state index in [4.69, 9.17) is 4.74 Å². The first kappa shape index (κ1) is 11.7. The fraction of sp³-hybridized carbons (Fsp3) is 0.125. The second-order valence-electron chi connectivity index (χ2n) is 4.45. The zero-order chi connectivity index (χ0) is 13.2. The molecular weight excluding hydrogens is 240 g/mol. The Kier molecular flexibility index (Phi) is 2.88. The van der Waals surface area contributed by atoms with Gasteiger partial charge in [-0.3, -0.25) is 9.59 Å². The molecule has 0 aromatic heterocycles. The third-order valence-corrected chi connectivity index (χ3v) is 3.25. The maximum Gasteiger partial charge on any atom is 0.180 e.